The summed E-state index contributed by atoms with van der Waals surface area (Å²) in [7, 11) is 0. The van der Waals surface area contributed by atoms with Crippen molar-refractivity contribution in [2.75, 3.05) is 5.32 Å². The molecule has 3 rings (SSSR count). The van der Waals surface area contributed by atoms with Crippen molar-refractivity contribution < 1.29 is 4.79 Å². The number of carbonyl (C=O) groups excluding carboxylic acids is 1. The Kier molecular flexibility index (Phi) is 4.20. The van der Waals surface area contributed by atoms with Crippen LogP contribution >= 0.6 is 0 Å². The first kappa shape index (κ1) is 15.0. The second kappa shape index (κ2) is 6.44. The number of amides is 1. The molecule has 3 heteroatoms. The number of nitrogens with one attached hydrogen (secondary N) is 1. The molecule has 0 fully saturated rings. The minimum Gasteiger partial charge on any atom is -0.320 e. The molecule has 0 aliphatic carbocycles. The summed E-state index contributed by atoms with van der Waals surface area (Å²) in [5.41, 5.74) is 3.51. The zero-order valence-corrected chi connectivity index (χ0v) is 13.2. The van der Waals surface area contributed by atoms with Gasteiger partial charge in [0.2, 0.25) is 0 Å². The van der Waals surface area contributed by atoms with Crippen LogP contribution in [-0.2, 0) is 0 Å². The summed E-state index contributed by atoms with van der Waals surface area (Å²) < 4.78 is 0. The Morgan fingerprint density at radius 3 is 2.52 bits per heavy atom. The lowest BCUT2D eigenvalue weighted by atomic mass is 9.97. The Hall–Kier alpha value is -2.94. The predicted octanol–water partition coefficient (Wildman–Crippen LogP) is 4.91. The molecule has 0 aliphatic rings. The minimum absolute atomic E-state index is 0.203. The molecule has 3 aromatic rings. The molecule has 1 amide bonds. The van der Waals surface area contributed by atoms with Crippen molar-refractivity contribution in [3.8, 4) is 0 Å². The summed E-state index contributed by atoms with van der Waals surface area (Å²) in [6.07, 6.45) is 3.69. The Morgan fingerprint density at radius 2 is 1.83 bits per heavy atom. The molecule has 0 saturated carbocycles. The van der Waals surface area contributed by atoms with Gasteiger partial charge < -0.3 is 5.32 Å². The van der Waals surface area contributed by atoms with Gasteiger partial charge in [0.25, 0.3) is 5.91 Å². The Labute approximate surface area is 135 Å². The number of carbonyl (C=O) groups is 1. The average molecular weight is 302 g/mol. The van der Waals surface area contributed by atoms with Crippen LogP contribution in [0.2, 0.25) is 0 Å². The van der Waals surface area contributed by atoms with Crippen LogP contribution in [0, 0.1) is 0 Å². The van der Waals surface area contributed by atoms with Gasteiger partial charge in [-0.25, -0.2) is 0 Å². The number of benzene rings is 2. The van der Waals surface area contributed by atoms with E-state index in [1.807, 2.05) is 25.1 Å². The fourth-order valence-electron chi connectivity index (χ4n) is 2.61. The molecule has 1 heterocycles. The van der Waals surface area contributed by atoms with E-state index in [2.05, 4.69) is 41.5 Å². The average Bonchev–Trinajstić information content (AvgIpc) is 2.61. The van der Waals surface area contributed by atoms with E-state index >= 15 is 0 Å². The van der Waals surface area contributed by atoms with Gasteiger partial charge in [-0.1, -0.05) is 42.5 Å². The number of nitrogens with zero attached hydrogens (tertiary/aromatic N) is 1. The summed E-state index contributed by atoms with van der Waals surface area (Å²) in [5.74, 6) is -0.203. The van der Waals surface area contributed by atoms with Gasteiger partial charge in [0.05, 0.1) is 0 Å². The highest BCUT2D eigenvalue weighted by Gasteiger charge is 2.12. The van der Waals surface area contributed by atoms with Crippen molar-refractivity contribution in [3.05, 3.63) is 78.1 Å². The molecule has 23 heavy (non-hydrogen) atoms. The summed E-state index contributed by atoms with van der Waals surface area (Å²) >= 11 is 0. The molecule has 0 radical (unpaired) electrons. The van der Waals surface area contributed by atoms with Gasteiger partial charge in [0.15, 0.2) is 0 Å². The van der Waals surface area contributed by atoms with Crippen LogP contribution in [0.25, 0.3) is 16.3 Å². The molecule has 0 unspecified atom stereocenters. The van der Waals surface area contributed by atoms with Crippen molar-refractivity contribution in [1.29, 1.82) is 0 Å². The highest BCUT2D eigenvalue weighted by molar-refractivity contribution is 6.10. The normalized spacial score (nSPS) is 11.5. The molecule has 0 atom stereocenters. The highest BCUT2D eigenvalue weighted by Crippen LogP contribution is 2.31. The number of hydrogen-bond acceptors (Lipinski definition) is 2. The van der Waals surface area contributed by atoms with Crippen LogP contribution in [0.5, 0.6) is 0 Å². The van der Waals surface area contributed by atoms with Gasteiger partial charge in [-0.15, -0.1) is 0 Å². The molecular formula is C20H18N2O. The number of hydrogen-bond donors (Lipinski definition) is 1. The third-order valence-electron chi connectivity index (χ3n) is 3.91. The van der Waals surface area contributed by atoms with E-state index in [4.69, 9.17) is 0 Å². The first-order valence-electron chi connectivity index (χ1n) is 7.58. The SMILES string of the molecule is C/C=C(\C)c1cccc2cccc(NC(=O)c3ccccn3)c12. The summed E-state index contributed by atoms with van der Waals surface area (Å²) in [4.78, 5) is 16.5. The third-order valence-corrected chi connectivity index (χ3v) is 3.91. The lowest BCUT2D eigenvalue weighted by Crippen LogP contribution is -2.13. The molecule has 1 aromatic heterocycles. The van der Waals surface area contributed by atoms with Crippen molar-refractivity contribution in [2.45, 2.75) is 13.8 Å². The van der Waals surface area contributed by atoms with E-state index in [-0.39, 0.29) is 5.91 Å². The van der Waals surface area contributed by atoms with Gasteiger partial charge in [-0.3, -0.25) is 9.78 Å². The molecular weight excluding hydrogens is 284 g/mol. The van der Waals surface area contributed by atoms with Gasteiger partial charge in [-0.2, -0.15) is 0 Å². The van der Waals surface area contributed by atoms with E-state index in [9.17, 15) is 4.79 Å². The third kappa shape index (κ3) is 2.99. The molecule has 0 spiro atoms. The lowest BCUT2D eigenvalue weighted by molar-refractivity contribution is 0.102. The Morgan fingerprint density at radius 1 is 1.04 bits per heavy atom. The maximum absolute atomic E-state index is 12.4. The monoisotopic (exact) mass is 302 g/mol. The zero-order chi connectivity index (χ0) is 16.2. The van der Waals surface area contributed by atoms with E-state index in [1.54, 1.807) is 24.4 Å². The number of aromatic nitrogens is 1. The van der Waals surface area contributed by atoms with Crippen molar-refractivity contribution in [2.24, 2.45) is 0 Å². The lowest BCUT2D eigenvalue weighted by Gasteiger charge is -2.13. The molecule has 0 saturated heterocycles. The van der Waals surface area contributed by atoms with E-state index in [1.165, 1.54) is 5.57 Å². The molecule has 2 aromatic carbocycles. The smallest absolute Gasteiger partial charge is 0.274 e. The number of allylic oxidation sites excluding steroid dienone is 2. The topological polar surface area (TPSA) is 42.0 Å². The van der Waals surface area contributed by atoms with Gasteiger partial charge in [-0.05, 0) is 48.6 Å². The first-order valence-corrected chi connectivity index (χ1v) is 7.58. The fourth-order valence-corrected chi connectivity index (χ4v) is 2.61. The Bertz CT molecular complexity index is 877. The molecule has 114 valence electrons. The summed E-state index contributed by atoms with van der Waals surface area (Å²) in [5, 5.41) is 5.14. The molecule has 0 aliphatic heterocycles. The van der Waals surface area contributed by atoms with Gasteiger partial charge in [0.1, 0.15) is 5.69 Å². The first-order chi connectivity index (χ1) is 11.2. The standard InChI is InChI=1S/C20H18N2O/c1-3-14(2)16-10-6-8-15-9-7-12-17(19(15)16)22-20(23)18-11-4-5-13-21-18/h3-13H,1-2H3,(H,22,23)/b14-3+. The van der Waals surface area contributed by atoms with Crippen LogP contribution in [0.4, 0.5) is 5.69 Å². The van der Waals surface area contributed by atoms with Crippen LogP contribution in [0.15, 0.2) is 66.9 Å². The summed E-state index contributed by atoms with van der Waals surface area (Å²) in [6, 6.07) is 17.4. The maximum Gasteiger partial charge on any atom is 0.274 e. The number of anilines is 1. The van der Waals surface area contributed by atoms with Crippen LogP contribution in [0.1, 0.15) is 29.9 Å². The Balaban J connectivity index is 2.09. The minimum atomic E-state index is -0.203. The van der Waals surface area contributed by atoms with E-state index < -0.39 is 0 Å². The molecule has 0 bridgehead atoms. The second-order valence-corrected chi connectivity index (χ2v) is 5.35. The van der Waals surface area contributed by atoms with Crippen LogP contribution in [-0.4, -0.2) is 10.9 Å². The number of rotatable bonds is 3. The van der Waals surface area contributed by atoms with Crippen molar-refractivity contribution in [3.63, 3.8) is 0 Å². The van der Waals surface area contributed by atoms with Crippen LogP contribution < -0.4 is 5.32 Å². The zero-order valence-electron chi connectivity index (χ0n) is 13.2. The highest BCUT2D eigenvalue weighted by atomic mass is 16.1. The second-order valence-electron chi connectivity index (χ2n) is 5.35. The number of pyridine rings is 1. The van der Waals surface area contributed by atoms with E-state index in [0.29, 0.717) is 5.69 Å². The van der Waals surface area contributed by atoms with Crippen molar-refractivity contribution in [1.82, 2.24) is 4.98 Å². The van der Waals surface area contributed by atoms with Gasteiger partial charge >= 0.3 is 0 Å². The predicted molar refractivity (Wildman–Crippen MR) is 95.5 cm³/mol. The molecule has 3 nitrogen and oxygen atoms in total. The number of fused-ring (bicyclic) bond motifs is 1. The summed E-state index contributed by atoms with van der Waals surface area (Å²) in [6.45, 7) is 4.09. The van der Waals surface area contributed by atoms with Crippen molar-refractivity contribution >= 4 is 27.9 Å². The van der Waals surface area contributed by atoms with Gasteiger partial charge in [0, 0.05) is 17.3 Å². The molecule has 1 N–H and O–H groups in total. The largest absolute Gasteiger partial charge is 0.320 e. The fraction of sp³-hybridized carbons (Fsp3) is 0.100. The van der Waals surface area contributed by atoms with E-state index in [0.717, 1.165) is 22.0 Å². The quantitative estimate of drug-likeness (QED) is 0.747. The maximum atomic E-state index is 12.4. The van der Waals surface area contributed by atoms with Crippen LogP contribution in [0.3, 0.4) is 0 Å².